The van der Waals surface area contributed by atoms with Crippen LogP contribution in [0.3, 0.4) is 0 Å². The lowest BCUT2D eigenvalue weighted by Gasteiger charge is -2.38. The molecule has 0 aromatic heterocycles. The van der Waals surface area contributed by atoms with E-state index in [4.69, 9.17) is 0 Å². The highest BCUT2D eigenvalue weighted by molar-refractivity contribution is 5.79. The van der Waals surface area contributed by atoms with E-state index in [0.29, 0.717) is 17.2 Å². The van der Waals surface area contributed by atoms with Gasteiger partial charge in [-0.25, -0.2) is 0 Å². The fraction of sp³-hybridized carbons (Fsp3) is 0.923. The van der Waals surface area contributed by atoms with E-state index in [1.807, 2.05) is 0 Å². The molecule has 1 saturated carbocycles. The Bertz CT molecular complexity index is 231. The zero-order valence-corrected chi connectivity index (χ0v) is 10.1. The summed E-state index contributed by atoms with van der Waals surface area (Å²) in [7, 11) is 0. The van der Waals surface area contributed by atoms with Crippen molar-refractivity contribution in [3.8, 4) is 0 Å². The highest BCUT2D eigenvalue weighted by Crippen LogP contribution is 2.32. The van der Waals surface area contributed by atoms with Gasteiger partial charge in [-0.2, -0.15) is 0 Å². The van der Waals surface area contributed by atoms with Gasteiger partial charge in [-0.05, 0) is 31.1 Å². The predicted molar refractivity (Wildman–Crippen MR) is 61.6 cm³/mol. The molecule has 86 valence electrons. The van der Waals surface area contributed by atoms with Gasteiger partial charge in [0.1, 0.15) is 0 Å². The summed E-state index contributed by atoms with van der Waals surface area (Å²) in [6, 6.07) is 0. The van der Waals surface area contributed by atoms with E-state index < -0.39 is 0 Å². The minimum Gasteiger partial charge on any atom is -0.342 e. The van der Waals surface area contributed by atoms with Crippen LogP contribution in [-0.2, 0) is 4.79 Å². The van der Waals surface area contributed by atoms with Gasteiger partial charge in [0, 0.05) is 19.0 Å². The van der Waals surface area contributed by atoms with E-state index in [-0.39, 0.29) is 0 Å². The normalized spacial score (nSPS) is 26.9. The van der Waals surface area contributed by atoms with Gasteiger partial charge in [0.25, 0.3) is 0 Å². The highest BCUT2D eigenvalue weighted by Gasteiger charge is 2.32. The second kappa shape index (κ2) is 4.15. The van der Waals surface area contributed by atoms with Crippen molar-refractivity contribution in [1.82, 2.24) is 4.90 Å². The Hall–Kier alpha value is -0.530. The Balaban J connectivity index is 1.87. The van der Waals surface area contributed by atoms with Crippen LogP contribution in [0.1, 0.15) is 52.4 Å². The van der Waals surface area contributed by atoms with Crippen LogP contribution < -0.4 is 0 Å². The number of nitrogens with zero attached hydrogens (tertiary/aromatic N) is 1. The Morgan fingerprint density at radius 2 is 1.67 bits per heavy atom. The van der Waals surface area contributed by atoms with Crippen molar-refractivity contribution in [2.75, 3.05) is 13.1 Å². The average Bonchev–Trinajstić information content (AvgIpc) is 2.69. The molecular formula is C13H23NO. The first kappa shape index (κ1) is 11.0. The van der Waals surface area contributed by atoms with Crippen LogP contribution in [0.15, 0.2) is 0 Å². The first-order chi connectivity index (χ1) is 7.08. The van der Waals surface area contributed by atoms with Gasteiger partial charge in [-0.3, -0.25) is 4.79 Å². The number of likely N-dealkylation sites (tertiary alicyclic amines) is 1. The van der Waals surface area contributed by atoms with Crippen molar-refractivity contribution < 1.29 is 4.79 Å². The smallest absolute Gasteiger partial charge is 0.225 e. The lowest BCUT2D eigenvalue weighted by atomic mass is 9.82. The van der Waals surface area contributed by atoms with Gasteiger partial charge in [0.05, 0.1) is 0 Å². The minimum atomic E-state index is 0.367. The van der Waals surface area contributed by atoms with E-state index >= 15 is 0 Å². The number of hydrogen-bond donors (Lipinski definition) is 0. The predicted octanol–water partition coefficient (Wildman–Crippen LogP) is 2.83. The van der Waals surface area contributed by atoms with Crippen LogP contribution in [0.5, 0.6) is 0 Å². The first-order valence-electron chi connectivity index (χ1n) is 6.37. The molecule has 0 radical (unpaired) electrons. The van der Waals surface area contributed by atoms with E-state index in [1.165, 1.54) is 25.7 Å². The molecule has 1 aliphatic heterocycles. The molecule has 0 aromatic carbocycles. The largest absolute Gasteiger partial charge is 0.342 e. The summed E-state index contributed by atoms with van der Waals surface area (Å²) in [6.07, 6.45) is 7.14. The summed E-state index contributed by atoms with van der Waals surface area (Å²) in [6.45, 7) is 6.60. The second-order valence-corrected chi connectivity index (χ2v) is 5.97. The molecule has 1 heterocycles. The molecule has 2 rings (SSSR count). The second-order valence-electron chi connectivity index (χ2n) is 5.97. The fourth-order valence-electron chi connectivity index (χ4n) is 2.76. The van der Waals surface area contributed by atoms with Crippen molar-refractivity contribution >= 4 is 5.91 Å². The van der Waals surface area contributed by atoms with Crippen molar-refractivity contribution in [2.45, 2.75) is 52.4 Å². The molecule has 2 heteroatoms. The van der Waals surface area contributed by atoms with E-state index in [9.17, 15) is 4.79 Å². The molecule has 2 aliphatic rings. The maximum Gasteiger partial charge on any atom is 0.225 e. The molecule has 2 nitrogen and oxygen atoms in total. The number of carbonyl (C=O) groups excluding carboxylic acids is 1. The molecule has 2 fully saturated rings. The van der Waals surface area contributed by atoms with Crippen LogP contribution in [0.4, 0.5) is 0 Å². The van der Waals surface area contributed by atoms with Crippen LogP contribution in [0.25, 0.3) is 0 Å². The number of hydrogen-bond acceptors (Lipinski definition) is 1. The third kappa shape index (κ3) is 2.53. The minimum absolute atomic E-state index is 0.367. The summed E-state index contributed by atoms with van der Waals surface area (Å²) in [4.78, 5) is 14.2. The van der Waals surface area contributed by atoms with Crippen molar-refractivity contribution in [3.63, 3.8) is 0 Å². The van der Waals surface area contributed by atoms with Gasteiger partial charge in [0.15, 0.2) is 0 Å². The van der Waals surface area contributed by atoms with Crippen LogP contribution in [0, 0.1) is 11.3 Å². The molecule has 0 atom stereocenters. The molecule has 0 aromatic rings. The fourth-order valence-corrected chi connectivity index (χ4v) is 2.76. The Labute approximate surface area is 93.0 Å². The summed E-state index contributed by atoms with van der Waals surface area (Å²) in [5.74, 6) is 0.814. The Kier molecular flexibility index (Phi) is 3.03. The SMILES string of the molecule is CC1(C)CCN(C(=O)C2CCCC2)CC1. The third-order valence-electron chi connectivity index (χ3n) is 4.13. The quantitative estimate of drug-likeness (QED) is 0.650. The zero-order valence-electron chi connectivity index (χ0n) is 10.1. The van der Waals surface area contributed by atoms with Crippen LogP contribution in [0.2, 0.25) is 0 Å². The molecule has 15 heavy (non-hydrogen) atoms. The Morgan fingerprint density at radius 3 is 2.20 bits per heavy atom. The maximum absolute atomic E-state index is 12.1. The van der Waals surface area contributed by atoms with Crippen molar-refractivity contribution in [2.24, 2.45) is 11.3 Å². The lowest BCUT2D eigenvalue weighted by Crippen LogP contribution is -2.43. The monoisotopic (exact) mass is 209 g/mol. The van der Waals surface area contributed by atoms with Crippen molar-refractivity contribution in [3.05, 3.63) is 0 Å². The zero-order chi connectivity index (χ0) is 10.9. The van der Waals surface area contributed by atoms with E-state index in [0.717, 1.165) is 25.9 Å². The standard InChI is InChI=1S/C13H23NO/c1-13(2)7-9-14(10-8-13)12(15)11-5-3-4-6-11/h11H,3-10H2,1-2H3. The van der Waals surface area contributed by atoms with Crippen LogP contribution >= 0.6 is 0 Å². The van der Waals surface area contributed by atoms with Gasteiger partial charge in [0.2, 0.25) is 5.91 Å². The highest BCUT2D eigenvalue weighted by atomic mass is 16.2. The lowest BCUT2D eigenvalue weighted by molar-refractivity contribution is -0.137. The number of piperidine rings is 1. The molecule has 0 N–H and O–H groups in total. The molecule has 0 spiro atoms. The summed E-state index contributed by atoms with van der Waals surface area (Å²) < 4.78 is 0. The molecule has 1 amide bonds. The van der Waals surface area contributed by atoms with E-state index in [1.54, 1.807) is 0 Å². The first-order valence-corrected chi connectivity index (χ1v) is 6.37. The van der Waals surface area contributed by atoms with Crippen molar-refractivity contribution in [1.29, 1.82) is 0 Å². The molecular weight excluding hydrogens is 186 g/mol. The van der Waals surface area contributed by atoms with Gasteiger partial charge in [-0.1, -0.05) is 26.7 Å². The molecule has 0 unspecified atom stereocenters. The molecule has 1 saturated heterocycles. The summed E-state index contributed by atoms with van der Waals surface area (Å²) in [5.41, 5.74) is 0.451. The number of rotatable bonds is 1. The topological polar surface area (TPSA) is 20.3 Å². The van der Waals surface area contributed by atoms with Gasteiger partial charge < -0.3 is 4.90 Å². The number of amides is 1. The molecule has 0 bridgehead atoms. The maximum atomic E-state index is 12.1. The third-order valence-corrected chi connectivity index (χ3v) is 4.13. The van der Waals surface area contributed by atoms with Gasteiger partial charge in [-0.15, -0.1) is 0 Å². The number of carbonyl (C=O) groups is 1. The summed E-state index contributed by atoms with van der Waals surface area (Å²) >= 11 is 0. The Morgan fingerprint density at radius 1 is 1.13 bits per heavy atom. The van der Waals surface area contributed by atoms with Crippen LogP contribution in [-0.4, -0.2) is 23.9 Å². The molecule has 1 aliphatic carbocycles. The van der Waals surface area contributed by atoms with E-state index in [2.05, 4.69) is 18.7 Å². The van der Waals surface area contributed by atoms with Gasteiger partial charge >= 0.3 is 0 Å². The summed E-state index contributed by atoms with van der Waals surface area (Å²) in [5, 5.41) is 0. The average molecular weight is 209 g/mol.